The van der Waals surface area contributed by atoms with Gasteiger partial charge in [-0.1, -0.05) is 34.6 Å². The molecule has 0 heterocycles. The van der Waals surface area contributed by atoms with Gasteiger partial charge in [0.1, 0.15) is 0 Å². The molecule has 0 saturated heterocycles. The minimum absolute atomic E-state index is 0.398. The van der Waals surface area contributed by atoms with E-state index < -0.39 is 0 Å². The summed E-state index contributed by atoms with van der Waals surface area (Å²) in [5, 5.41) is 3.58. The zero-order valence-electron chi connectivity index (χ0n) is 13.8. The molecule has 1 N–H and O–H groups in total. The SMILES string of the molecule is CCCNCC(C)(CC)CN(C)C(C)CC(C)C. The van der Waals surface area contributed by atoms with E-state index in [1.165, 1.54) is 25.8 Å². The van der Waals surface area contributed by atoms with Crippen LogP contribution >= 0.6 is 0 Å². The summed E-state index contributed by atoms with van der Waals surface area (Å²) in [6.07, 6.45) is 3.75. The lowest BCUT2D eigenvalue weighted by Gasteiger charge is -2.36. The van der Waals surface area contributed by atoms with Gasteiger partial charge in [-0.3, -0.25) is 0 Å². The van der Waals surface area contributed by atoms with Crippen LogP contribution in [0.25, 0.3) is 0 Å². The summed E-state index contributed by atoms with van der Waals surface area (Å²) < 4.78 is 0. The highest BCUT2D eigenvalue weighted by Gasteiger charge is 2.25. The third-order valence-corrected chi connectivity index (χ3v) is 4.03. The Morgan fingerprint density at radius 2 is 1.78 bits per heavy atom. The molecule has 0 rings (SSSR count). The molecule has 0 spiro atoms. The molecule has 0 aromatic heterocycles. The topological polar surface area (TPSA) is 15.3 Å². The average molecular weight is 256 g/mol. The number of nitrogens with one attached hydrogen (secondary N) is 1. The number of hydrogen-bond donors (Lipinski definition) is 1. The fraction of sp³-hybridized carbons (Fsp3) is 1.00. The van der Waals surface area contributed by atoms with Gasteiger partial charge >= 0.3 is 0 Å². The van der Waals surface area contributed by atoms with Crippen LogP contribution in [0.15, 0.2) is 0 Å². The van der Waals surface area contributed by atoms with Crippen molar-refractivity contribution in [3.05, 3.63) is 0 Å². The van der Waals surface area contributed by atoms with Crippen LogP contribution in [0.5, 0.6) is 0 Å². The van der Waals surface area contributed by atoms with Crippen LogP contribution in [0.3, 0.4) is 0 Å². The Morgan fingerprint density at radius 3 is 2.22 bits per heavy atom. The standard InChI is InChI=1S/C16H36N2/c1-8-10-17-12-16(6,9-2)13-18(7)15(5)11-14(3)4/h14-15,17H,8-13H2,1-7H3. The summed E-state index contributed by atoms with van der Waals surface area (Å²) >= 11 is 0. The second-order valence-corrected chi connectivity index (χ2v) is 6.73. The molecular weight excluding hydrogens is 220 g/mol. The van der Waals surface area contributed by atoms with E-state index in [0.717, 1.165) is 19.0 Å². The number of rotatable bonds is 10. The van der Waals surface area contributed by atoms with Crippen molar-refractivity contribution in [1.82, 2.24) is 10.2 Å². The molecular formula is C16H36N2. The van der Waals surface area contributed by atoms with Crippen molar-refractivity contribution in [2.45, 2.75) is 66.8 Å². The summed E-state index contributed by atoms with van der Waals surface area (Å²) in [5.74, 6) is 0.786. The van der Waals surface area contributed by atoms with E-state index in [2.05, 4.69) is 58.8 Å². The monoisotopic (exact) mass is 256 g/mol. The molecule has 0 bridgehead atoms. The van der Waals surface area contributed by atoms with Crippen LogP contribution < -0.4 is 5.32 Å². The Balaban J connectivity index is 4.23. The lowest BCUT2D eigenvalue weighted by Crippen LogP contribution is -2.44. The van der Waals surface area contributed by atoms with Crippen molar-refractivity contribution in [1.29, 1.82) is 0 Å². The van der Waals surface area contributed by atoms with Gasteiger partial charge in [-0.25, -0.2) is 0 Å². The largest absolute Gasteiger partial charge is 0.316 e. The molecule has 2 atom stereocenters. The first-order chi connectivity index (χ1) is 8.34. The Bertz CT molecular complexity index is 203. The van der Waals surface area contributed by atoms with Crippen molar-refractivity contribution >= 4 is 0 Å². The van der Waals surface area contributed by atoms with Gasteiger partial charge in [0.25, 0.3) is 0 Å². The molecule has 0 fully saturated rings. The van der Waals surface area contributed by atoms with Gasteiger partial charge < -0.3 is 10.2 Å². The van der Waals surface area contributed by atoms with Crippen LogP contribution in [-0.2, 0) is 0 Å². The van der Waals surface area contributed by atoms with Crippen molar-refractivity contribution in [2.24, 2.45) is 11.3 Å². The van der Waals surface area contributed by atoms with E-state index in [1.54, 1.807) is 0 Å². The Kier molecular flexibility index (Phi) is 8.89. The minimum Gasteiger partial charge on any atom is -0.316 e. The maximum atomic E-state index is 3.58. The van der Waals surface area contributed by atoms with Crippen LogP contribution in [-0.4, -0.2) is 37.6 Å². The highest BCUT2D eigenvalue weighted by molar-refractivity contribution is 4.80. The predicted octanol–water partition coefficient (Wildman–Crippen LogP) is 3.77. The van der Waals surface area contributed by atoms with Crippen molar-refractivity contribution in [2.75, 3.05) is 26.7 Å². The highest BCUT2D eigenvalue weighted by Crippen LogP contribution is 2.23. The van der Waals surface area contributed by atoms with Crippen LogP contribution in [0.4, 0.5) is 0 Å². The zero-order valence-corrected chi connectivity index (χ0v) is 13.8. The molecule has 0 amide bonds. The van der Waals surface area contributed by atoms with E-state index in [-0.39, 0.29) is 0 Å². The van der Waals surface area contributed by atoms with Gasteiger partial charge in [0.05, 0.1) is 0 Å². The normalized spacial score (nSPS) is 17.2. The fourth-order valence-electron chi connectivity index (χ4n) is 2.48. The van der Waals surface area contributed by atoms with Gasteiger partial charge in [0.2, 0.25) is 0 Å². The number of hydrogen-bond acceptors (Lipinski definition) is 2. The first-order valence-electron chi connectivity index (χ1n) is 7.75. The van der Waals surface area contributed by atoms with Crippen molar-refractivity contribution in [3.8, 4) is 0 Å². The zero-order chi connectivity index (χ0) is 14.2. The third kappa shape index (κ3) is 7.38. The lowest BCUT2D eigenvalue weighted by atomic mass is 9.86. The second kappa shape index (κ2) is 8.92. The lowest BCUT2D eigenvalue weighted by molar-refractivity contribution is 0.136. The predicted molar refractivity (Wildman–Crippen MR) is 83.1 cm³/mol. The first kappa shape index (κ1) is 17.9. The van der Waals surface area contributed by atoms with Gasteiger partial charge in [0.15, 0.2) is 0 Å². The molecule has 0 aromatic rings. The molecule has 0 aromatic carbocycles. The molecule has 0 saturated carbocycles. The Hall–Kier alpha value is -0.0800. The Morgan fingerprint density at radius 1 is 1.17 bits per heavy atom. The average Bonchev–Trinajstić information content (AvgIpc) is 2.28. The fourth-order valence-corrected chi connectivity index (χ4v) is 2.48. The summed E-state index contributed by atoms with van der Waals surface area (Å²) in [4.78, 5) is 2.54. The molecule has 110 valence electrons. The molecule has 0 aliphatic rings. The van der Waals surface area contributed by atoms with E-state index in [1.807, 2.05) is 0 Å². The van der Waals surface area contributed by atoms with E-state index in [4.69, 9.17) is 0 Å². The van der Waals surface area contributed by atoms with Gasteiger partial charge in [-0.05, 0) is 51.1 Å². The first-order valence-corrected chi connectivity index (χ1v) is 7.75. The summed E-state index contributed by atoms with van der Waals surface area (Å²) in [6.45, 7) is 17.4. The summed E-state index contributed by atoms with van der Waals surface area (Å²) in [5.41, 5.74) is 0.398. The summed E-state index contributed by atoms with van der Waals surface area (Å²) in [6, 6.07) is 0.682. The highest BCUT2D eigenvalue weighted by atomic mass is 15.1. The minimum atomic E-state index is 0.398. The van der Waals surface area contributed by atoms with Crippen molar-refractivity contribution < 1.29 is 0 Å². The molecule has 2 heteroatoms. The van der Waals surface area contributed by atoms with E-state index >= 15 is 0 Å². The smallest absolute Gasteiger partial charge is 0.00665 e. The molecule has 18 heavy (non-hydrogen) atoms. The maximum Gasteiger partial charge on any atom is 0.00665 e. The van der Waals surface area contributed by atoms with Crippen LogP contribution in [0.1, 0.15) is 60.8 Å². The molecule has 0 aliphatic heterocycles. The molecule has 0 aliphatic carbocycles. The van der Waals surface area contributed by atoms with E-state index in [0.29, 0.717) is 11.5 Å². The third-order valence-electron chi connectivity index (χ3n) is 4.03. The molecule has 2 nitrogen and oxygen atoms in total. The van der Waals surface area contributed by atoms with Gasteiger partial charge in [0, 0.05) is 19.1 Å². The second-order valence-electron chi connectivity index (χ2n) is 6.73. The Labute approximate surface area is 116 Å². The maximum absolute atomic E-state index is 3.58. The van der Waals surface area contributed by atoms with Crippen LogP contribution in [0.2, 0.25) is 0 Å². The van der Waals surface area contributed by atoms with Crippen molar-refractivity contribution in [3.63, 3.8) is 0 Å². The van der Waals surface area contributed by atoms with Crippen LogP contribution in [0, 0.1) is 11.3 Å². The van der Waals surface area contributed by atoms with Gasteiger partial charge in [-0.2, -0.15) is 0 Å². The molecule has 2 unspecified atom stereocenters. The molecule has 0 radical (unpaired) electrons. The number of nitrogens with zero attached hydrogens (tertiary/aromatic N) is 1. The van der Waals surface area contributed by atoms with E-state index in [9.17, 15) is 0 Å². The summed E-state index contributed by atoms with van der Waals surface area (Å²) in [7, 11) is 2.28. The van der Waals surface area contributed by atoms with Gasteiger partial charge in [-0.15, -0.1) is 0 Å². The quantitative estimate of drug-likeness (QED) is 0.599.